The summed E-state index contributed by atoms with van der Waals surface area (Å²) in [6, 6.07) is 7.51. The maximum Gasteiger partial charge on any atom is 0.227 e. The summed E-state index contributed by atoms with van der Waals surface area (Å²) in [5, 5.41) is 2.89. The Morgan fingerprint density at radius 3 is 2.36 bits per heavy atom. The molecule has 7 heteroatoms. The van der Waals surface area contributed by atoms with Crippen molar-refractivity contribution in [2.75, 3.05) is 31.8 Å². The smallest absolute Gasteiger partial charge is 0.227 e. The zero-order chi connectivity index (χ0) is 16.2. The largest absolute Gasteiger partial charge is 0.380 e. The van der Waals surface area contributed by atoms with Gasteiger partial charge in [0.1, 0.15) is 0 Å². The molecule has 1 aromatic rings. The number of ether oxygens (including phenoxy) is 1. The monoisotopic (exact) mass is 326 g/mol. The molecule has 0 atom stereocenters. The number of methoxy groups -OCH3 is 1. The molecule has 0 saturated carbocycles. The highest BCUT2D eigenvalue weighted by Crippen LogP contribution is 2.21. The minimum atomic E-state index is -3.15. The van der Waals surface area contributed by atoms with E-state index in [2.05, 4.69) is 5.32 Å². The van der Waals surface area contributed by atoms with E-state index in [0.717, 1.165) is 11.3 Å². The van der Waals surface area contributed by atoms with E-state index in [1.165, 1.54) is 10.6 Å². The van der Waals surface area contributed by atoms with Crippen LogP contribution in [0.2, 0.25) is 0 Å². The van der Waals surface area contributed by atoms with Gasteiger partial charge >= 0.3 is 0 Å². The number of amides is 1. The number of nitrogens with one attached hydrogen (secondary N) is 1. The Hall–Kier alpha value is -1.44. The highest BCUT2D eigenvalue weighted by molar-refractivity contribution is 7.88. The third-order valence-corrected chi connectivity index (χ3v) is 5.13. The molecule has 1 N–H and O–H groups in total. The minimum absolute atomic E-state index is 0.0485. The molecule has 1 aromatic carbocycles. The topological polar surface area (TPSA) is 75.7 Å². The second-order valence-corrected chi connectivity index (χ2v) is 7.54. The standard InChI is InChI=1S/C15H22N2O4S/c1-21-11-12-3-5-14(6-4-12)16-15(18)13-7-9-17(10-8-13)22(2,19)20/h3-6,13H,7-11H2,1-2H3,(H,16,18). The van der Waals surface area contributed by atoms with Crippen LogP contribution in [-0.4, -0.2) is 45.1 Å². The van der Waals surface area contributed by atoms with Crippen LogP contribution in [0, 0.1) is 5.92 Å². The summed E-state index contributed by atoms with van der Waals surface area (Å²) in [4.78, 5) is 12.2. The fourth-order valence-electron chi connectivity index (χ4n) is 2.54. The van der Waals surface area contributed by atoms with E-state index in [1.807, 2.05) is 24.3 Å². The SMILES string of the molecule is COCc1ccc(NC(=O)C2CCN(S(C)(=O)=O)CC2)cc1. The van der Waals surface area contributed by atoms with Crippen LogP contribution in [0.25, 0.3) is 0 Å². The highest BCUT2D eigenvalue weighted by Gasteiger charge is 2.28. The molecular formula is C15H22N2O4S. The molecule has 0 radical (unpaired) electrons. The summed E-state index contributed by atoms with van der Waals surface area (Å²) >= 11 is 0. The van der Waals surface area contributed by atoms with E-state index in [-0.39, 0.29) is 11.8 Å². The van der Waals surface area contributed by atoms with Crippen molar-refractivity contribution in [1.82, 2.24) is 4.31 Å². The van der Waals surface area contributed by atoms with Gasteiger partial charge in [-0.15, -0.1) is 0 Å². The Morgan fingerprint density at radius 1 is 1.27 bits per heavy atom. The molecule has 122 valence electrons. The maximum atomic E-state index is 12.2. The van der Waals surface area contributed by atoms with Crippen molar-refractivity contribution in [1.29, 1.82) is 0 Å². The number of anilines is 1. The number of rotatable bonds is 5. The number of sulfonamides is 1. The molecule has 0 aromatic heterocycles. The van der Waals surface area contributed by atoms with Crippen molar-refractivity contribution in [2.24, 2.45) is 5.92 Å². The first-order valence-electron chi connectivity index (χ1n) is 7.24. The van der Waals surface area contributed by atoms with Gasteiger partial charge in [0.25, 0.3) is 0 Å². The van der Waals surface area contributed by atoms with Gasteiger partial charge in [0.15, 0.2) is 0 Å². The lowest BCUT2D eigenvalue weighted by molar-refractivity contribution is -0.120. The van der Waals surface area contributed by atoms with Gasteiger partial charge in [-0.1, -0.05) is 12.1 Å². The second kappa shape index (κ2) is 7.21. The van der Waals surface area contributed by atoms with Gasteiger partial charge in [-0.3, -0.25) is 4.79 Å². The van der Waals surface area contributed by atoms with Crippen molar-refractivity contribution >= 4 is 21.6 Å². The Bertz CT molecular complexity index is 605. The summed E-state index contributed by atoms with van der Waals surface area (Å²) in [6.45, 7) is 1.35. The number of carbonyl (C=O) groups excluding carboxylic acids is 1. The van der Waals surface area contributed by atoms with Crippen LogP contribution in [-0.2, 0) is 26.2 Å². The van der Waals surface area contributed by atoms with Gasteiger partial charge in [-0.25, -0.2) is 12.7 Å². The van der Waals surface area contributed by atoms with Crippen molar-refractivity contribution in [3.05, 3.63) is 29.8 Å². The Labute approximate surface area is 131 Å². The van der Waals surface area contributed by atoms with Gasteiger partial charge in [0, 0.05) is 31.8 Å². The quantitative estimate of drug-likeness (QED) is 0.888. The average Bonchev–Trinajstić information content (AvgIpc) is 2.49. The van der Waals surface area contributed by atoms with Crippen LogP contribution in [0.4, 0.5) is 5.69 Å². The molecule has 1 saturated heterocycles. The van der Waals surface area contributed by atoms with E-state index in [0.29, 0.717) is 32.5 Å². The van der Waals surface area contributed by atoms with Crippen LogP contribution in [0.5, 0.6) is 0 Å². The van der Waals surface area contributed by atoms with Crippen LogP contribution in [0.1, 0.15) is 18.4 Å². The van der Waals surface area contributed by atoms with E-state index < -0.39 is 10.0 Å². The lowest BCUT2D eigenvalue weighted by Crippen LogP contribution is -2.40. The van der Waals surface area contributed by atoms with E-state index in [9.17, 15) is 13.2 Å². The zero-order valence-corrected chi connectivity index (χ0v) is 13.7. The van der Waals surface area contributed by atoms with E-state index >= 15 is 0 Å². The first kappa shape index (κ1) is 16.9. The lowest BCUT2D eigenvalue weighted by Gasteiger charge is -2.29. The summed E-state index contributed by atoms with van der Waals surface area (Å²) < 4.78 is 29.4. The fourth-order valence-corrected chi connectivity index (χ4v) is 3.42. The van der Waals surface area contributed by atoms with E-state index in [1.54, 1.807) is 7.11 Å². The first-order chi connectivity index (χ1) is 10.4. The Kier molecular flexibility index (Phi) is 5.55. The number of carbonyl (C=O) groups is 1. The van der Waals surface area contributed by atoms with Gasteiger partial charge < -0.3 is 10.1 Å². The molecule has 0 bridgehead atoms. The van der Waals surface area contributed by atoms with E-state index in [4.69, 9.17) is 4.74 Å². The molecule has 1 heterocycles. The molecule has 22 heavy (non-hydrogen) atoms. The fraction of sp³-hybridized carbons (Fsp3) is 0.533. The summed E-state index contributed by atoms with van der Waals surface area (Å²) in [5.74, 6) is -0.190. The van der Waals surface area contributed by atoms with Crippen molar-refractivity contribution in [2.45, 2.75) is 19.4 Å². The zero-order valence-electron chi connectivity index (χ0n) is 12.9. The summed E-state index contributed by atoms with van der Waals surface area (Å²) in [6.07, 6.45) is 2.32. The molecule has 2 rings (SSSR count). The van der Waals surface area contributed by atoms with Crippen LogP contribution >= 0.6 is 0 Å². The molecular weight excluding hydrogens is 304 g/mol. The summed E-state index contributed by atoms with van der Waals surface area (Å²) in [5.41, 5.74) is 1.79. The molecule has 0 unspecified atom stereocenters. The molecule has 0 spiro atoms. The number of piperidine rings is 1. The summed E-state index contributed by atoms with van der Waals surface area (Å²) in [7, 11) is -1.52. The number of hydrogen-bond donors (Lipinski definition) is 1. The first-order valence-corrected chi connectivity index (χ1v) is 9.09. The number of nitrogens with zero attached hydrogens (tertiary/aromatic N) is 1. The van der Waals surface area contributed by atoms with Gasteiger partial charge in [-0.05, 0) is 30.5 Å². The third kappa shape index (κ3) is 4.53. The Balaban J connectivity index is 1.88. The molecule has 1 amide bonds. The molecule has 6 nitrogen and oxygen atoms in total. The maximum absolute atomic E-state index is 12.2. The normalized spacial score (nSPS) is 17.4. The third-order valence-electron chi connectivity index (χ3n) is 3.83. The molecule has 1 aliphatic heterocycles. The molecule has 1 fully saturated rings. The predicted octanol–water partition coefficient (Wildman–Crippen LogP) is 1.44. The lowest BCUT2D eigenvalue weighted by atomic mass is 9.97. The second-order valence-electron chi connectivity index (χ2n) is 5.56. The van der Waals surface area contributed by atoms with Gasteiger partial charge in [0.05, 0.1) is 12.9 Å². The van der Waals surface area contributed by atoms with Crippen molar-refractivity contribution in [3.8, 4) is 0 Å². The van der Waals surface area contributed by atoms with Crippen LogP contribution in [0.15, 0.2) is 24.3 Å². The molecule has 0 aliphatic carbocycles. The predicted molar refractivity (Wildman–Crippen MR) is 84.9 cm³/mol. The van der Waals surface area contributed by atoms with Crippen LogP contribution < -0.4 is 5.32 Å². The van der Waals surface area contributed by atoms with Crippen LogP contribution in [0.3, 0.4) is 0 Å². The molecule has 1 aliphatic rings. The minimum Gasteiger partial charge on any atom is -0.380 e. The van der Waals surface area contributed by atoms with Crippen molar-refractivity contribution in [3.63, 3.8) is 0 Å². The van der Waals surface area contributed by atoms with Gasteiger partial charge in [-0.2, -0.15) is 0 Å². The number of hydrogen-bond acceptors (Lipinski definition) is 4. The Morgan fingerprint density at radius 2 is 1.86 bits per heavy atom. The average molecular weight is 326 g/mol. The van der Waals surface area contributed by atoms with Crippen molar-refractivity contribution < 1.29 is 17.9 Å². The number of benzene rings is 1. The van der Waals surface area contributed by atoms with Gasteiger partial charge in [0.2, 0.25) is 15.9 Å². The highest BCUT2D eigenvalue weighted by atomic mass is 32.2.